The van der Waals surface area contributed by atoms with Crippen LogP contribution in [0, 0.1) is 0 Å². The summed E-state index contributed by atoms with van der Waals surface area (Å²) >= 11 is 5.86. The number of aldehydes is 1. The van der Waals surface area contributed by atoms with Crippen molar-refractivity contribution in [3.8, 4) is 5.69 Å². The van der Waals surface area contributed by atoms with Gasteiger partial charge in [-0.15, -0.1) is 0 Å². The van der Waals surface area contributed by atoms with Crippen LogP contribution in [0.5, 0.6) is 0 Å². The Balaban J connectivity index is 1.98. The van der Waals surface area contributed by atoms with Crippen molar-refractivity contribution in [3.05, 3.63) is 46.7 Å². The maximum absolute atomic E-state index is 11.2. The monoisotopic (exact) mass is 276 g/mol. The third-order valence-electron chi connectivity index (χ3n) is 3.23. The molecule has 0 N–H and O–H groups in total. The minimum Gasteiger partial charge on any atom is -0.372 e. The SMILES string of the molecule is O=Cc1cn(-c2ccc(Cl)cc2)nc1C1CCCO1. The van der Waals surface area contributed by atoms with Gasteiger partial charge in [0.1, 0.15) is 11.8 Å². The molecule has 0 radical (unpaired) electrons. The van der Waals surface area contributed by atoms with E-state index in [0.29, 0.717) is 10.6 Å². The van der Waals surface area contributed by atoms with Crippen molar-refractivity contribution in [2.75, 3.05) is 6.61 Å². The average molecular weight is 277 g/mol. The molecule has 0 bridgehead atoms. The number of aromatic nitrogens is 2. The van der Waals surface area contributed by atoms with E-state index in [1.807, 2.05) is 12.1 Å². The van der Waals surface area contributed by atoms with Crippen molar-refractivity contribution in [1.29, 1.82) is 0 Å². The minimum atomic E-state index is -0.0613. The van der Waals surface area contributed by atoms with Crippen LogP contribution in [-0.2, 0) is 4.74 Å². The molecule has 1 atom stereocenters. The molecule has 1 aliphatic rings. The molecule has 5 heteroatoms. The number of hydrogen-bond donors (Lipinski definition) is 0. The number of ether oxygens (including phenoxy) is 1. The first-order valence-corrected chi connectivity index (χ1v) is 6.58. The van der Waals surface area contributed by atoms with Crippen molar-refractivity contribution in [3.63, 3.8) is 0 Å². The molecule has 98 valence electrons. The zero-order valence-corrected chi connectivity index (χ0v) is 11.0. The van der Waals surface area contributed by atoms with Crippen LogP contribution in [0.25, 0.3) is 5.69 Å². The normalized spacial score (nSPS) is 18.7. The van der Waals surface area contributed by atoms with Crippen LogP contribution in [0.1, 0.15) is 35.0 Å². The highest BCUT2D eigenvalue weighted by atomic mass is 35.5. The summed E-state index contributed by atoms with van der Waals surface area (Å²) < 4.78 is 7.29. The molecule has 1 aromatic carbocycles. The molecule has 1 fully saturated rings. The van der Waals surface area contributed by atoms with Crippen molar-refractivity contribution in [2.45, 2.75) is 18.9 Å². The predicted octanol–water partition coefficient (Wildman–Crippen LogP) is 3.19. The number of carbonyl (C=O) groups excluding carboxylic acids is 1. The third-order valence-corrected chi connectivity index (χ3v) is 3.48. The van der Waals surface area contributed by atoms with E-state index in [-0.39, 0.29) is 6.10 Å². The molecule has 2 heterocycles. The van der Waals surface area contributed by atoms with Crippen LogP contribution in [0.3, 0.4) is 0 Å². The van der Waals surface area contributed by atoms with Gasteiger partial charge < -0.3 is 4.74 Å². The van der Waals surface area contributed by atoms with Gasteiger partial charge in [-0.25, -0.2) is 4.68 Å². The number of rotatable bonds is 3. The van der Waals surface area contributed by atoms with E-state index < -0.39 is 0 Å². The van der Waals surface area contributed by atoms with E-state index >= 15 is 0 Å². The zero-order valence-electron chi connectivity index (χ0n) is 10.3. The highest BCUT2D eigenvalue weighted by Gasteiger charge is 2.24. The summed E-state index contributed by atoms with van der Waals surface area (Å²) in [6.45, 7) is 0.733. The van der Waals surface area contributed by atoms with E-state index in [9.17, 15) is 4.79 Å². The predicted molar refractivity (Wildman–Crippen MR) is 71.9 cm³/mol. The fraction of sp³-hybridized carbons (Fsp3) is 0.286. The van der Waals surface area contributed by atoms with E-state index in [2.05, 4.69) is 5.10 Å². The number of carbonyl (C=O) groups is 1. The van der Waals surface area contributed by atoms with Crippen molar-refractivity contribution < 1.29 is 9.53 Å². The smallest absolute Gasteiger partial charge is 0.153 e. The highest BCUT2D eigenvalue weighted by Crippen LogP contribution is 2.29. The lowest BCUT2D eigenvalue weighted by Crippen LogP contribution is -2.01. The number of benzene rings is 1. The summed E-state index contributed by atoms with van der Waals surface area (Å²) in [5.74, 6) is 0. The molecule has 1 unspecified atom stereocenters. The topological polar surface area (TPSA) is 44.1 Å². The van der Waals surface area contributed by atoms with Gasteiger partial charge in [-0.3, -0.25) is 4.79 Å². The van der Waals surface area contributed by atoms with Crippen LogP contribution in [0.4, 0.5) is 0 Å². The Morgan fingerprint density at radius 2 is 2.16 bits per heavy atom. The molecule has 1 aliphatic heterocycles. The lowest BCUT2D eigenvalue weighted by atomic mass is 10.1. The molecule has 0 spiro atoms. The second-order valence-electron chi connectivity index (χ2n) is 4.51. The summed E-state index contributed by atoms with van der Waals surface area (Å²) in [5, 5.41) is 5.15. The largest absolute Gasteiger partial charge is 0.372 e. The standard InChI is InChI=1S/C14H13ClN2O2/c15-11-3-5-12(6-4-11)17-8-10(9-18)14(16-17)13-2-1-7-19-13/h3-6,8-9,13H,1-2,7H2. The van der Waals surface area contributed by atoms with Crippen molar-refractivity contribution in [2.24, 2.45) is 0 Å². The Morgan fingerprint density at radius 1 is 1.37 bits per heavy atom. The summed E-state index contributed by atoms with van der Waals surface area (Å²) in [6.07, 6.45) is 4.42. The molecule has 2 aromatic rings. The second kappa shape index (κ2) is 5.15. The molecule has 0 amide bonds. The van der Waals surface area contributed by atoms with Gasteiger partial charge >= 0.3 is 0 Å². The van der Waals surface area contributed by atoms with Crippen LogP contribution >= 0.6 is 11.6 Å². The highest BCUT2D eigenvalue weighted by molar-refractivity contribution is 6.30. The summed E-state index contributed by atoms with van der Waals surface area (Å²) in [5.41, 5.74) is 2.18. The Bertz CT molecular complexity index is 586. The summed E-state index contributed by atoms with van der Waals surface area (Å²) in [6, 6.07) is 7.32. The third kappa shape index (κ3) is 2.41. The van der Waals surface area contributed by atoms with Gasteiger partial charge in [0.15, 0.2) is 6.29 Å². The maximum atomic E-state index is 11.2. The lowest BCUT2D eigenvalue weighted by Gasteiger charge is -2.06. The molecule has 19 heavy (non-hydrogen) atoms. The molecule has 0 aliphatic carbocycles. The first-order chi connectivity index (χ1) is 9.28. The molecule has 4 nitrogen and oxygen atoms in total. The molecular weight excluding hydrogens is 264 g/mol. The Hall–Kier alpha value is -1.65. The van der Waals surface area contributed by atoms with Gasteiger partial charge in [-0.05, 0) is 37.1 Å². The average Bonchev–Trinajstić information content (AvgIpc) is 3.08. The van der Waals surface area contributed by atoms with Crippen LogP contribution in [0.15, 0.2) is 30.5 Å². The maximum Gasteiger partial charge on any atom is 0.153 e. The van der Waals surface area contributed by atoms with E-state index in [0.717, 1.165) is 37.1 Å². The molecule has 1 aromatic heterocycles. The zero-order chi connectivity index (χ0) is 13.2. The number of nitrogens with zero attached hydrogens (tertiary/aromatic N) is 2. The van der Waals surface area contributed by atoms with E-state index in [4.69, 9.17) is 16.3 Å². The molecule has 0 saturated carbocycles. The van der Waals surface area contributed by atoms with Crippen LogP contribution in [-0.4, -0.2) is 22.7 Å². The van der Waals surface area contributed by atoms with Gasteiger partial charge in [-0.1, -0.05) is 11.6 Å². The van der Waals surface area contributed by atoms with E-state index in [1.54, 1.807) is 23.0 Å². The van der Waals surface area contributed by atoms with E-state index in [1.165, 1.54) is 0 Å². The van der Waals surface area contributed by atoms with Gasteiger partial charge in [0.2, 0.25) is 0 Å². The first-order valence-electron chi connectivity index (χ1n) is 6.20. The van der Waals surface area contributed by atoms with Crippen molar-refractivity contribution >= 4 is 17.9 Å². The number of halogens is 1. The van der Waals surface area contributed by atoms with Gasteiger partial charge in [0, 0.05) is 17.8 Å². The van der Waals surface area contributed by atoms with Crippen molar-refractivity contribution in [1.82, 2.24) is 9.78 Å². The second-order valence-corrected chi connectivity index (χ2v) is 4.95. The Morgan fingerprint density at radius 3 is 2.79 bits per heavy atom. The number of hydrogen-bond acceptors (Lipinski definition) is 3. The summed E-state index contributed by atoms with van der Waals surface area (Å²) in [7, 11) is 0. The van der Waals surface area contributed by atoms with Crippen LogP contribution < -0.4 is 0 Å². The van der Waals surface area contributed by atoms with Gasteiger partial charge in [0.25, 0.3) is 0 Å². The lowest BCUT2D eigenvalue weighted by molar-refractivity contribution is 0.104. The van der Waals surface area contributed by atoms with Crippen LogP contribution in [0.2, 0.25) is 5.02 Å². The fourth-order valence-electron chi connectivity index (χ4n) is 2.26. The molecular formula is C14H13ClN2O2. The Labute approximate surface area is 115 Å². The minimum absolute atomic E-state index is 0.0613. The molecule has 3 rings (SSSR count). The Kier molecular flexibility index (Phi) is 3.36. The summed E-state index contributed by atoms with van der Waals surface area (Å²) in [4.78, 5) is 11.2. The fourth-order valence-corrected chi connectivity index (χ4v) is 2.39. The van der Waals surface area contributed by atoms with Gasteiger partial charge in [-0.2, -0.15) is 5.10 Å². The first kappa shape index (κ1) is 12.4. The van der Waals surface area contributed by atoms with Gasteiger partial charge in [0.05, 0.1) is 11.3 Å². The quantitative estimate of drug-likeness (QED) is 0.809. The molecule has 1 saturated heterocycles.